The number of rotatable bonds is 7. The van der Waals surface area contributed by atoms with Crippen LogP contribution in [0.15, 0.2) is 42.6 Å². The second-order valence-corrected chi connectivity index (χ2v) is 9.70. The predicted octanol–water partition coefficient (Wildman–Crippen LogP) is 4.09. The van der Waals surface area contributed by atoms with Crippen molar-refractivity contribution in [2.45, 2.75) is 57.1 Å². The molecule has 1 aliphatic carbocycles. The molecule has 0 radical (unpaired) electrons. The van der Waals surface area contributed by atoms with Crippen LogP contribution < -0.4 is 10.1 Å². The zero-order valence-corrected chi connectivity index (χ0v) is 20.2. The monoisotopic (exact) mass is 451 g/mol. The van der Waals surface area contributed by atoms with E-state index in [0.29, 0.717) is 5.88 Å². The number of carbonyl (C=O) groups is 1. The Morgan fingerprint density at radius 1 is 1.12 bits per heavy atom. The average molecular weight is 452 g/mol. The van der Waals surface area contributed by atoms with Crippen LogP contribution in [-0.4, -0.2) is 62.3 Å². The minimum Gasteiger partial charge on any atom is -0.481 e. The standard InChI is InChI=1S/C27H37N3O3/c1-30-16-11-22(12-17-30)29-26(31)27(13-9-23(32-2)10-14-27)19-20-6-4-7-21(18-20)24-8-5-15-28-25(24)33-3/h4-8,15,18,22-23H,9-14,16-17,19H2,1-3H3,(H,29,31). The van der Waals surface area contributed by atoms with E-state index in [1.165, 1.54) is 5.56 Å². The molecule has 1 aromatic heterocycles. The van der Waals surface area contributed by atoms with Crippen LogP contribution in [-0.2, 0) is 16.0 Å². The van der Waals surface area contributed by atoms with E-state index in [9.17, 15) is 4.79 Å². The van der Waals surface area contributed by atoms with Gasteiger partial charge in [0.25, 0.3) is 0 Å². The summed E-state index contributed by atoms with van der Waals surface area (Å²) in [5.74, 6) is 0.834. The second kappa shape index (κ2) is 10.7. The van der Waals surface area contributed by atoms with E-state index < -0.39 is 5.41 Å². The van der Waals surface area contributed by atoms with Gasteiger partial charge in [0.1, 0.15) is 0 Å². The smallest absolute Gasteiger partial charge is 0.226 e. The molecule has 0 bridgehead atoms. The number of piperidine rings is 1. The van der Waals surface area contributed by atoms with Crippen LogP contribution in [0.25, 0.3) is 11.1 Å². The lowest BCUT2D eigenvalue weighted by Gasteiger charge is -2.40. The van der Waals surface area contributed by atoms with E-state index in [1.807, 2.05) is 12.1 Å². The number of hydrogen-bond acceptors (Lipinski definition) is 5. The van der Waals surface area contributed by atoms with Gasteiger partial charge in [0.15, 0.2) is 0 Å². The second-order valence-electron chi connectivity index (χ2n) is 9.70. The molecule has 0 spiro atoms. The Hall–Kier alpha value is -2.44. The number of nitrogens with zero attached hydrogens (tertiary/aromatic N) is 2. The Bertz CT molecular complexity index is 932. The van der Waals surface area contributed by atoms with Gasteiger partial charge in [0.2, 0.25) is 11.8 Å². The molecule has 2 aliphatic rings. The van der Waals surface area contributed by atoms with Crippen molar-refractivity contribution in [3.05, 3.63) is 48.2 Å². The van der Waals surface area contributed by atoms with Gasteiger partial charge in [-0.2, -0.15) is 0 Å². The number of carbonyl (C=O) groups excluding carboxylic acids is 1. The third-order valence-electron chi connectivity index (χ3n) is 7.50. The lowest BCUT2D eigenvalue weighted by Crippen LogP contribution is -2.51. The fraction of sp³-hybridized carbons (Fsp3) is 0.556. The van der Waals surface area contributed by atoms with Crippen molar-refractivity contribution in [3.8, 4) is 17.0 Å². The van der Waals surface area contributed by atoms with Crippen molar-refractivity contribution in [1.29, 1.82) is 0 Å². The highest BCUT2D eigenvalue weighted by Gasteiger charge is 2.42. The fourth-order valence-electron chi connectivity index (χ4n) is 5.37. The maximum Gasteiger partial charge on any atom is 0.226 e. The molecule has 178 valence electrons. The van der Waals surface area contributed by atoms with Crippen molar-refractivity contribution in [2.75, 3.05) is 34.4 Å². The Balaban J connectivity index is 1.56. The molecule has 6 nitrogen and oxygen atoms in total. The Morgan fingerprint density at radius 3 is 2.58 bits per heavy atom. The number of aromatic nitrogens is 1. The van der Waals surface area contributed by atoms with E-state index in [1.54, 1.807) is 20.4 Å². The highest BCUT2D eigenvalue weighted by atomic mass is 16.5. The molecule has 1 saturated heterocycles. The van der Waals surface area contributed by atoms with Gasteiger partial charge in [0, 0.05) is 24.9 Å². The minimum atomic E-state index is -0.393. The third kappa shape index (κ3) is 5.56. The SMILES string of the molecule is COc1ncccc1-c1cccc(CC2(C(=O)NC3CCN(C)CC3)CCC(OC)CC2)c1. The Morgan fingerprint density at radius 2 is 1.88 bits per heavy atom. The summed E-state index contributed by atoms with van der Waals surface area (Å²) in [4.78, 5) is 20.4. The lowest BCUT2D eigenvalue weighted by molar-refractivity contribution is -0.135. The van der Waals surface area contributed by atoms with E-state index in [4.69, 9.17) is 9.47 Å². The molecule has 2 fully saturated rings. The number of pyridine rings is 1. The van der Waals surface area contributed by atoms with Crippen molar-refractivity contribution in [2.24, 2.45) is 5.41 Å². The molecule has 1 aliphatic heterocycles. The first-order chi connectivity index (χ1) is 16.0. The Kier molecular flexibility index (Phi) is 7.66. The van der Waals surface area contributed by atoms with Crippen LogP contribution in [0, 0.1) is 5.41 Å². The molecule has 33 heavy (non-hydrogen) atoms. The molecular formula is C27H37N3O3. The Labute approximate surface area is 197 Å². The lowest BCUT2D eigenvalue weighted by atomic mass is 9.68. The van der Waals surface area contributed by atoms with E-state index >= 15 is 0 Å². The van der Waals surface area contributed by atoms with E-state index in [0.717, 1.165) is 69.2 Å². The van der Waals surface area contributed by atoms with Gasteiger partial charge in [-0.15, -0.1) is 0 Å². The molecule has 6 heteroatoms. The summed E-state index contributed by atoms with van der Waals surface area (Å²) >= 11 is 0. The van der Waals surface area contributed by atoms with Crippen LogP contribution in [0.1, 0.15) is 44.1 Å². The molecule has 2 aromatic rings. The van der Waals surface area contributed by atoms with Gasteiger partial charge >= 0.3 is 0 Å². The quantitative estimate of drug-likeness (QED) is 0.687. The van der Waals surface area contributed by atoms with Gasteiger partial charge in [-0.25, -0.2) is 4.98 Å². The first-order valence-corrected chi connectivity index (χ1v) is 12.1. The van der Waals surface area contributed by atoms with E-state index in [-0.39, 0.29) is 18.1 Å². The normalized spacial score (nSPS) is 24.4. The summed E-state index contributed by atoms with van der Waals surface area (Å²) in [6.45, 7) is 2.08. The van der Waals surface area contributed by atoms with Gasteiger partial charge in [-0.3, -0.25) is 4.79 Å². The zero-order valence-electron chi connectivity index (χ0n) is 20.2. The summed E-state index contributed by atoms with van der Waals surface area (Å²) < 4.78 is 11.1. The highest BCUT2D eigenvalue weighted by Crippen LogP contribution is 2.41. The molecule has 1 N–H and O–H groups in total. The summed E-state index contributed by atoms with van der Waals surface area (Å²) in [6.07, 6.45) is 8.32. The number of amides is 1. The molecule has 0 unspecified atom stereocenters. The largest absolute Gasteiger partial charge is 0.481 e. The van der Waals surface area contributed by atoms with Gasteiger partial charge in [-0.05, 0) is 88.3 Å². The van der Waals surface area contributed by atoms with Gasteiger partial charge < -0.3 is 19.7 Å². The molecule has 2 heterocycles. The van der Waals surface area contributed by atoms with Gasteiger partial charge in [0.05, 0.1) is 18.6 Å². The van der Waals surface area contributed by atoms with Crippen molar-refractivity contribution in [1.82, 2.24) is 15.2 Å². The summed E-state index contributed by atoms with van der Waals surface area (Å²) in [6, 6.07) is 12.7. The molecular weight excluding hydrogens is 414 g/mol. The number of hydrogen-bond donors (Lipinski definition) is 1. The fourth-order valence-corrected chi connectivity index (χ4v) is 5.37. The molecule has 0 atom stereocenters. The van der Waals surface area contributed by atoms with Crippen molar-refractivity contribution in [3.63, 3.8) is 0 Å². The first kappa shape index (κ1) is 23.7. The number of ether oxygens (including phenoxy) is 2. The predicted molar refractivity (Wildman–Crippen MR) is 130 cm³/mol. The molecule has 1 aromatic carbocycles. The van der Waals surface area contributed by atoms with Crippen LogP contribution in [0.2, 0.25) is 0 Å². The average Bonchev–Trinajstić information content (AvgIpc) is 2.86. The number of methoxy groups -OCH3 is 2. The van der Waals surface area contributed by atoms with E-state index in [2.05, 4.69) is 46.5 Å². The molecule has 4 rings (SSSR count). The van der Waals surface area contributed by atoms with Crippen molar-refractivity contribution < 1.29 is 14.3 Å². The summed E-state index contributed by atoms with van der Waals surface area (Å²) in [5.41, 5.74) is 2.81. The van der Waals surface area contributed by atoms with Gasteiger partial charge in [-0.1, -0.05) is 24.3 Å². The topological polar surface area (TPSA) is 63.7 Å². The van der Waals surface area contributed by atoms with Crippen LogP contribution in [0.5, 0.6) is 5.88 Å². The maximum atomic E-state index is 13.7. The van der Waals surface area contributed by atoms with Crippen LogP contribution in [0.4, 0.5) is 0 Å². The zero-order chi connectivity index (χ0) is 23.3. The van der Waals surface area contributed by atoms with Crippen LogP contribution >= 0.6 is 0 Å². The summed E-state index contributed by atoms with van der Waals surface area (Å²) in [7, 11) is 5.57. The summed E-state index contributed by atoms with van der Waals surface area (Å²) in [5, 5.41) is 3.43. The van der Waals surface area contributed by atoms with Crippen molar-refractivity contribution >= 4 is 5.91 Å². The molecule has 1 amide bonds. The molecule has 1 saturated carbocycles. The number of likely N-dealkylation sites (tertiary alicyclic amines) is 1. The highest BCUT2D eigenvalue weighted by molar-refractivity contribution is 5.83. The third-order valence-corrected chi connectivity index (χ3v) is 7.50. The number of nitrogens with one attached hydrogen (secondary N) is 1. The number of benzene rings is 1. The minimum absolute atomic E-state index is 0.218. The maximum absolute atomic E-state index is 13.7. The first-order valence-electron chi connectivity index (χ1n) is 12.1. The van der Waals surface area contributed by atoms with Crippen LogP contribution in [0.3, 0.4) is 0 Å².